The van der Waals surface area contributed by atoms with E-state index < -0.39 is 6.04 Å². The Balaban J connectivity index is 1.23. The van der Waals surface area contributed by atoms with Crippen LogP contribution in [0.1, 0.15) is 42.4 Å². The number of aromatic nitrogens is 1. The van der Waals surface area contributed by atoms with Crippen molar-refractivity contribution in [2.45, 2.75) is 50.9 Å². The van der Waals surface area contributed by atoms with Crippen LogP contribution >= 0.6 is 11.6 Å². The largest absolute Gasteiger partial charge is 0.373 e. The predicted octanol–water partition coefficient (Wildman–Crippen LogP) is 6.45. The minimum Gasteiger partial charge on any atom is -0.373 e. The van der Waals surface area contributed by atoms with Gasteiger partial charge in [-0.1, -0.05) is 67.1 Å². The van der Waals surface area contributed by atoms with Crippen molar-refractivity contribution in [2.24, 2.45) is 5.92 Å². The summed E-state index contributed by atoms with van der Waals surface area (Å²) in [5, 5.41) is 4.92. The number of nitrogens with zero attached hydrogens (tertiary/aromatic N) is 3. The lowest BCUT2D eigenvalue weighted by atomic mass is 9.88. The van der Waals surface area contributed by atoms with Crippen LogP contribution in [0, 0.1) is 5.92 Å². The van der Waals surface area contributed by atoms with Crippen LogP contribution in [0.15, 0.2) is 79.0 Å². The summed E-state index contributed by atoms with van der Waals surface area (Å²) in [5.74, 6) is -0.164. The number of piperidine rings is 1. The molecule has 4 aromatic rings. The van der Waals surface area contributed by atoms with Gasteiger partial charge in [0.05, 0.1) is 12.7 Å². The molecule has 242 valence electrons. The van der Waals surface area contributed by atoms with Crippen molar-refractivity contribution in [1.82, 2.24) is 20.1 Å². The zero-order valence-corrected chi connectivity index (χ0v) is 27.7. The Hall–Kier alpha value is -3.85. The fourth-order valence-electron chi connectivity index (χ4n) is 7.02. The third-order valence-corrected chi connectivity index (χ3v) is 9.62. The molecule has 2 N–H and O–H groups in total. The van der Waals surface area contributed by atoms with Gasteiger partial charge in [0.1, 0.15) is 6.04 Å². The Labute approximate surface area is 276 Å². The van der Waals surface area contributed by atoms with Crippen molar-refractivity contribution < 1.29 is 14.3 Å². The van der Waals surface area contributed by atoms with Crippen LogP contribution in [0.3, 0.4) is 0 Å². The zero-order valence-electron chi connectivity index (χ0n) is 26.9. The van der Waals surface area contributed by atoms with E-state index in [2.05, 4.69) is 47.5 Å². The van der Waals surface area contributed by atoms with Gasteiger partial charge in [-0.05, 0) is 80.2 Å². The third-order valence-electron chi connectivity index (χ3n) is 9.39. The molecule has 1 fully saturated rings. The molecule has 2 unspecified atom stereocenters. The topological polar surface area (TPSA) is 80.9 Å². The molecule has 8 nitrogen and oxygen atoms in total. The van der Waals surface area contributed by atoms with Gasteiger partial charge in [-0.3, -0.25) is 4.79 Å². The summed E-state index contributed by atoms with van der Waals surface area (Å²) >= 11 is 6.42. The molecule has 3 amide bonds. The number of carbonyl (C=O) groups excluding carboxylic acids is 2. The van der Waals surface area contributed by atoms with Crippen molar-refractivity contribution in [3.8, 4) is 0 Å². The summed E-state index contributed by atoms with van der Waals surface area (Å²) < 4.78 is 6.17. The molecule has 1 aromatic heterocycles. The molecule has 3 heterocycles. The van der Waals surface area contributed by atoms with Crippen LogP contribution in [-0.2, 0) is 22.6 Å². The molecule has 3 aromatic carbocycles. The van der Waals surface area contributed by atoms with Crippen LogP contribution < -0.4 is 10.2 Å². The number of hydrogen-bond donors (Lipinski definition) is 2. The molecule has 6 rings (SSSR count). The molecule has 2 aliphatic rings. The quantitative estimate of drug-likeness (QED) is 0.220. The van der Waals surface area contributed by atoms with Gasteiger partial charge >= 0.3 is 6.03 Å². The summed E-state index contributed by atoms with van der Waals surface area (Å²) in [7, 11) is 4.11. The molecule has 0 spiro atoms. The summed E-state index contributed by atoms with van der Waals surface area (Å²) in [6, 6.07) is 23.0. The van der Waals surface area contributed by atoms with Gasteiger partial charge in [0.2, 0.25) is 5.91 Å². The second-order valence-electron chi connectivity index (χ2n) is 13.0. The standard InChI is InChI=1S/C37H44ClN5O3/c1-25(32-21-39-33-12-8-7-11-31(32)33)35(36(44)43-23-27(22-41(2)3)19-28-20-29(38)13-14-34(28)43)40-37(45)42-17-15-30(16-18-42)46-24-26-9-5-4-6-10-26/h4-14,20-21,25,27,30,35,39H,15-19,22-24H2,1-3H3,(H,40,45)/t25?,27-,35?/m1/s1. The van der Waals surface area contributed by atoms with Crippen molar-refractivity contribution in [2.75, 3.05) is 45.2 Å². The van der Waals surface area contributed by atoms with Crippen molar-refractivity contribution in [1.29, 1.82) is 0 Å². The monoisotopic (exact) mass is 641 g/mol. The molecule has 0 aliphatic carbocycles. The molecule has 9 heteroatoms. The first-order chi connectivity index (χ1) is 22.3. The van der Waals surface area contributed by atoms with Gasteiger partial charge < -0.3 is 29.7 Å². The predicted molar refractivity (Wildman–Crippen MR) is 184 cm³/mol. The van der Waals surface area contributed by atoms with Gasteiger partial charge in [-0.15, -0.1) is 0 Å². The number of likely N-dealkylation sites (tertiary alicyclic amines) is 1. The number of amides is 3. The van der Waals surface area contributed by atoms with E-state index in [9.17, 15) is 9.59 Å². The number of H-pyrrole nitrogens is 1. The molecule has 0 bridgehead atoms. The van der Waals surface area contributed by atoms with Gasteiger partial charge in [0.25, 0.3) is 0 Å². The van der Waals surface area contributed by atoms with E-state index in [1.165, 1.54) is 0 Å². The Kier molecular flexibility index (Phi) is 9.97. The van der Waals surface area contributed by atoms with Crippen LogP contribution in [-0.4, -0.2) is 79.1 Å². The number of para-hydroxylation sites is 1. The SMILES string of the molecule is CC(c1c[nH]c2ccccc12)C(NC(=O)N1CCC(OCc2ccccc2)CC1)C(=O)N1C[C@@H](CN(C)C)Cc2cc(Cl)ccc21. The maximum atomic E-state index is 14.8. The highest BCUT2D eigenvalue weighted by molar-refractivity contribution is 6.30. The van der Waals surface area contributed by atoms with E-state index in [4.69, 9.17) is 16.3 Å². The van der Waals surface area contributed by atoms with Crippen molar-refractivity contribution >= 4 is 40.1 Å². The molecular weight excluding hydrogens is 598 g/mol. The Morgan fingerprint density at radius 3 is 2.54 bits per heavy atom. The van der Waals surface area contributed by atoms with Gasteiger partial charge in [-0.2, -0.15) is 0 Å². The number of halogens is 1. The number of fused-ring (bicyclic) bond motifs is 2. The van der Waals surface area contributed by atoms with Gasteiger partial charge in [-0.25, -0.2) is 4.79 Å². The third kappa shape index (κ3) is 7.25. The van der Waals surface area contributed by atoms with E-state index in [1.54, 1.807) is 0 Å². The first-order valence-electron chi connectivity index (χ1n) is 16.3. The highest BCUT2D eigenvalue weighted by Crippen LogP contribution is 2.35. The second kappa shape index (κ2) is 14.3. The van der Waals surface area contributed by atoms with Crippen LogP contribution in [0.4, 0.5) is 10.5 Å². The van der Waals surface area contributed by atoms with Crippen LogP contribution in [0.2, 0.25) is 5.02 Å². The number of anilines is 1. The fourth-order valence-corrected chi connectivity index (χ4v) is 7.21. The molecule has 2 aliphatic heterocycles. The number of aromatic amines is 1. The highest BCUT2D eigenvalue weighted by Gasteiger charge is 2.38. The van der Waals surface area contributed by atoms with Crippen molar-refractivity contribution in [3.63, 3.8) is 0 Å². The lowest BCUT2D eigenvalue weighted by Gasteiger charge is -2.39. The number of rotatable bonds is 9. The Morgan fingerprint density at radius 1 is 1.04 bits per heavy atom. The highest BCUT2D eigenvalue weighted by atomic mass is 35.5. The van der Waals surface area contributed by atoms with E-state index in [0.29, 0.717) is 31.3 Å². The Bertz CT molecular complexity index is 1650. The first-order valence-corrected chi connectivity index (χ1v) is 16.7. The maximum Gasteiger partial charge on any atom is 0.318 e. The second-order valence-corrected chi connectivity index (χ2v) is 13.5. The van der Waals surface area contributed by atoms with E-state index in [0.717, 1.165) is 59.1 Å². The Morgan fingerprint density at radius 2 is 1.78 bits per heavy atom. The average molecular weight is 642 g/mol. The summed E-state index contributed by atoms with van der Waals surface area (Å²) in [6.45, 7) is 5.15. The fraction of sp³-hybridized carbons (Fsp3) is 0.405. The summed E-state index contributed by atoms with van der Waals surface area (Å²) in [4.78, 5) is 37.9. The van der Waals surface area contributed by atoms with Gasteiger partial charge in [0.15, 0.2) is 0 Å². The maximum absolute atomic E-state index is 14.8. The smallest absolute Gasteiger partial charge is 0.318 e. The summed E-state index contributed by atoms with van der Waals surface area (Å²) in [6.07, 6.45) is 4.41. The van der Waals surface area contributed by atoms with E-state index in [1.807, 2.05) is 77.5 Å². The minimum absolute atomic E-state index is 0.0946. The molecule has 0 radical (unpaired) electrons. The number of benzene rings is 3. The van der Waals surface area contributed by atoms with Crippen LogP contribution in [0.5, 0.6) is 0 Å². The molecule has 46 heavy (non-hydrogen) atoms. The van der Waals surface area contributed by atoms with Gasteiger partial charge in [0, 0.05) is 59.9 Å². The number of carbonyl (C=O) groups is 2. The molecule has 1 saturated heterocycles. The van der Waals surface area contributed by atoms with E-state index in [-0.39, 0.29) is 29.9 Å². The van der Waals surface area contributed by atoms with Crippen molar-refractivity contribution in [3.05, 3.63) is 101 Å². The molecule has 3 atom stereocenters. The van der Waals surface area contributed by atoms with Crippen LogP contribution in [0.25, 0.3) is 10.9 Å². The number of hydrogen-bond acceptors (Lipinski definition) is 4. The molecule has 0 saturated carbocycles. The molecular formula is C37H44ClN5O3. The average Bonchev–Trinajstić information content (AvgIpc) is 3.50. The number of nitrogens with one attached hydrogen (secondary N) is 2. The summed E-state index contributed by atoms with van der Waals surface area (Å²) in [5.41, 5.74) is 5.07. The number of urea groups is 1. The lowest BCUT2D eigenvalue weighted by Crippen LogP contribution is -2.57. The lowest BCUT2D eigenvalue weighted by molar-refractivity contribution is -0.121. The van der Waals surface area contributed by atoms with E-state index >= 15 is 0 Å². The first kappa shape index (κ1) is 32.1. The normalized spacial score (nSPS) is 18.4. The zero-order chi connectivity index (χ0) is 32.2. The minimum atomic E-state index is -0.777. The number of ether oxygens (including phenoxy) is 1.